The molecule has 6 nitrogen and oxygen atoms in total. The zero-order valence-electron chi connectivity index (χ0n) is 8.49. The third-order valence-corrected chi connectivity index (χ3v) is 4.09. The molecule has 0 aliphatic rings. The molecule has 0 atom stereocenters. The van der Waals surface area contributed by atoms with Crippen molar-refractivity contribution in [1.82, 2.24) is 15.2 Å². The van der Waals surface area contributed by atoms with E-state index in [1.807, 2.05) is 0 Å². The second-order valence-corrected chi connectivity index (χ2v) is 5.55. The van der Waals surface area contributed by atoms with Gasteiger partial charge in [-0.15, -0.1) is 0 Å². The van der Waals surface area contributed by atoms with Gasteiger partial charge in [-0.1, -0.05) is 23.2 Å². The number of aromatic amines is 1. The average molecular weight is 311 g/mol. The van der Waals surface area contributed by atoms with Gasteiger partial charge in [0.1, 0.15) is 11.2 Å². The minimum atomic E-state index is -4.07. The van der Waals surface area contributed by atoms with E-state index in [2.05, 4.69) is 19.9 Å². The molecule has 0 aliphatic heterocycles. The number of hydrogen-bond acceptors (Lipinski definition) is 4. The molecule has 18 heavy (non-hydrogen) atoms. The molecule has 0 fully saturated rings. The number of rotatable bonds is 3. The van der Waals surface area contributed by atoms with Crippen LogP contribution in [0.1, 0.15) is 0 Å². The van der Waals surface area contributed by atoms with Gasteiger partial charge in [-0.3, -0.25) is 0 Å². The molecule has 0 spiro atoms. The first-order valence-corrected chi connectivity index (χ1v) is 6.67. The van der Waals surface area contributed by atoms with Crippen molar-refractivity contribution in [3.05, 3.63) is 34.3 Å². The Labute approximate surface area is 111 Å². The monoisotopic (exact) mass is 310 g/mol. The van der Waals surface area contributed by atoms with E-state index in [0.29, 0.717) is 0 Å². The molecule has 0 saturated carbocycles. The first-order chi connectivity index (χ1) is 8.42. The Morgan fingerprint density at radius 3 is 2.67 bits per heavy atom. The van der Waals surface area contributed by atoms with Crippen LogP contribution in [0.25, 0.3) is 0 Å². The quantitative estimate of drug-likeness (QED) is 0.849. The van der Waals surface area contributed by atoms with E-state index in [0.717, 1.165) is 18.5 Å². The van der Waals surface area contributed by atoms with Gasteiger partial charge in [0, 0.05) is 0 Å². The normalized spacial score (nSPS) is 11.5. The zero-order valence-corrected chi connectivity index (χ0v) is 10.8. The fourth-order valence-electron chi connectivity index (χ4n) is 1.15. The Morgan fingerprint density at radius 2 is 2.06 bits per heavy atom. The van der Waals surface area contributed by atoms with Crippen LogP contribution in [-0.2, 0) is 10.0 Å². The third kappa shape index (κ3) is 2.40. The number of halogens is 3. The highest BCUT2D eigenvalue weighted by Gasteiger charge is 2.22. The fourth-order valence-corrected chi connectivity index (χ4v) is 2.86. The van der Waals surface area contributed by atoms with Crippen molar-refractivity contribution in [3.63, 3.8) is 0 Å². The number of benzene rings is 1. The first kappa shape index (κ1) is 13.1. The highest BCUT2D eigenvalue weighted by atomic mass is 35.5. The number of sulfonamides is 1. The Kier molecular flexibility index (Phi) is 3.42. The molecular weight excluding hydrogens is 306 g/mol. The molecule has 96 valence electrons. The van der Waals surface area contributed by atoms with E-state index in [1.54, 1.807) is 0 Å². The third-order valence-electron chi connectivity index (χ3n) is 1.94. The molecular formula is C8H5Cl2FN4O2S. The molecule has 0 unspecified atom stereocenters. The average Bonchev–Trinajstić information content (AvgIpc) is 2.77. The maximum atomic E-state index is 13.4. The molecule has 2 rings (SSSR count). The van der Waals surface area contributed by atoms with Gasteiger partial charge in [0.2, 0.25) is 5.95 Å². The Morgan fingerprint density at radius 1 is 1.33 bits per heavy atom. The van der Waals surface area contributed by atoms with Crippen LogP contribution in [0.4, 0.5) is 10.3 Å². The second kappa shape index (κ2) is 4.71. The van der Waals surface area contributed by atoms with Crippen LogP contribution in [-0.4, -0.2) is 23.6 Å². The summed E-state index contributed by atoms with van der Waals surface area (Å²) in [6.45, 7) is 0. The second-order valence-electron chi connectivity index (χ2n) is 3.11. The summed E-state index contributed by atoms with van der Waals surface area (Å²) >= 11 is 11.1. The Balaban J connectivity index is 2.45. The number of nitrogens with one attached hydrogen (secondary N) is 2. The minimum absolute atomic E-state index is 0.110. The molecule has 0 saturated heterocycles. The molecule has 2 N–H and O–H groups in total. The highest BCUT2D eigenvalue weighted by Crippen LogP contribution is 2.30. The smallest absolute Gasteiger partial charge is 0.248 e. The zero-order chi connectivity index (χ0) is 13.3. The van der Waals surface area contributed by atoms with Gasteiger partial charge in [0.25, 0.3) is 10.0 Å². The van der Waals surface area contributed by atoms with Crippen LogP contribution in [0.2, 0.25) is 10.0 Å². The van der Waals surface area contributed by atoms with Crippen LogP contribution in [0.15, 0.2) is 23.4 Å². The van der Waals surface area contributed by atoms with Crippen molar-refractivity contribution in [3.8, 4) is 0 Å². The summed E-state index contributed by atoms with van der Waals surface area (Å²) in [5.41, 5.74) is 0. The van der Waals surface area contributed by atoms with Crippen LogP contribution in [0.5, 0.6) is 0 Å². The van der Waals surface area contributed by atoms with E-state index in [-0.39, 0.29) is 11.0 Å². The predicted octanol–water partition coefficient (Wildman–Crippen LogP) is 2.05. The summed E-state index contributed by atoms with van der Waals surface area (Å²) in [5.74, 6) is -1.11. The fraction of sp³-hybridized carbons (Fsp3) is 0. The molecule has 10 heteroatoms. The van der Waals surface area contributed by atoms with E-state index in [1.165, 1.54) is 0 Å². The summed E-state index contributed by atoms with van der Waals surface area (Å²) in [5, 5.41) is 4.90. The molecule has 2 aromatic rings. The van der Waals surface area contributed by atoms with E-state index in [4.69, 9.17) is 23.2 Å². The summed E-state index contributed by atoms with van der Waals surface area (Å²) in [6.07, 6.45) is 1.11. The van der Waals surface area contributed by atoms with Gasteiger partial charge in [-0.25, -0.2) is 22.6 Å². The van der Waals surface area contributed by atoms with Gasteiger partial charge in [0.05, 0.1) is 10.0 Å². The summed E-state index contributed by atoms with van der Waals surface area (Å²) in [6, 6.07) is 2.18. The first-order valence-electron chi connectivity index (χ1n) is 4.43. The summed E-state index contributed by atoms with van der Waals surface area (Å²) in [4.78, 5) is 3.13. The molecule has 0 aliphatic carbocycles. The largest absolute Gasteiger partial charge is 0.265 e. The number of aromatic nitrogens is 3. The predicted molar refractivity (Wildman–Crippen MR) is 63.6 cm³/mol. The summed E-state index contributed by atoms with van der Waals surface area (Å²) < 4.78 is 39.2. The lowest BCUT2D eigenvalue weighted by atomic mass is 10.3. The maximum absolute atomic E-state index is 13.4. The maximum Gasteiger partial charge on any atom is 0.265 e. The Bertz CT molecular complexity index is 675. The molecule has 1 aromatic carbocycles. The number of hydrogen-bond donors (Lipinski definition) is 2. The lowest BCUT2D eigenvalue weighted by molar-refractivity contribution is 0.595. The van der Waals surface area contributed by atoms with Gasteiger partial charge in [0.15, 0.2) is 5.82 Å². The lowest BCUT2D eigenvalue weighted by Gasteiger charge is -2.08. The van der Waals surface area contributed by atoms with E-state index >= 15 is 0 Å². The molecule has 0 radical (unpaired) electrons. The van der Waals surface area contributed by atoms with Crippen molar-refractivity contribution in [2.45, 2.75) is 4.90 Å². The van der Waals surface area contributed by atoms with Crippen molar-refractivity contribution in [2.24, 2.45) is 0 Å². The SMILES string of the molecule is O=S(=O)(Nc1ncn[nH]1)c1ccc(Cl)c(F)c1Cl. The topological polar surface area (TPSA) is 87.7 Å². The highest BCUT2D eigenvalue weighted by molar-refractivity contribution is 7.92. The van der Waals surface area contributed by atoms with E-state index < -0.39 is 25.8 Å². The van der Waals surface area contributed by atoms with Crippen molar-refractivity contribution < 1.29 is 12.8 Å². The van der Waals surface area contributed by atoms with Crippen molar-refractivity contribution >= 4 is 39.2 Å². The lowest BCUT2D eigenvalue weighted by Crippen LogP contribution is -2.15. The number of anilines is 1. The molecule has 1 aromatic heterocycles. The summed E-state index contributed by atoms with van der Waals surface area (Å²) in [7, 11) is -4.07. The van der Waals surface area contributed by atoms with Gasteiger partial charge >= 0.3 is 0 Å². The van der Waals surface area contributed by atoms with E-state index in [9.17, 15) is 12.8 Å². The standard InChI is InChI=1S/C8H5Cl2FN4O2S/c9-4-1-2-5(6(10)7(4)11)18(16,17)15-8-12-3-13-14-8/h1-3H,(H2,12,13,14,15). The van der Waals surface area contributed by atoms with Crippen LogP contribution in [0.3, 0.4) is 0 Å². The molecule has 0 amide bonds. The van der Waals surface area contributed by atoms with Gasteiger partial charge in [-0.2, -0.15) is 10.1 Å². The van der Waals surface area contributed by atoms with Crippen LogP contribution in [0, 0.1) is 5.82 Å². The van der Waals surface area contributed by atoms with Crippen molar-refractivity contribution in [1.29, 1.82) is 0 Å². The van der Waals surface area contributed by atoms with Crippen LogP contribution >= 0.6 is 23.2 Å². The van der Waals surface area contributed by atoms with Gasteiger partial charge < -0.3 is 0 Å². The minimum Gasteiger partial charge on any atom is -0.248 e. The molecule has 0 bridgehead atoms. The van der Waals surface area contributed by atoms with Crippen molar-refractivity contribution in [2.75, 3.05) is 4.72 Å². The van der Waals surface area contributed by atoms with Gasteiger partial charge in [-0.05, 0) is 12.1 Å². The Hall–Kier alpha value is -1.38. The number of nitrogens with zero attached hydrogens (tertiary/aromatic N) is 2. The number of H-pyrrole nitrogens is 1. The van der Waals surface area contributed by atoms with Crippen LogP contribution < -0.4 is 4.72 Å². The molecule has 1 heterocycles.